The van der Waals surface area contributed by atoms with Crippen molar-refractivity contribution in [3.63, 3.8) is 0 Å². The molecule has 0 aliphatic carbocycles. The molecule has 4 rings (SSSR count). The first kappa shape index (κ1) is 16.4. The summed E-state index contributed by atoms with van der Waals surface area (Å²) in [5.41, 5.74) is 1.48. The molecule has 132 valence electrons. The van der Waals surface area contributed by atoms with Gasteiger partial charge in [0.2, 0.25) is 0 Å². The molecule has 1 aromatic carbocycles. The van der Waals surface area contributed by atoms with Crippen LogP contribution in [0.25, 0.3) is 10.1 Å². The van der Waals surface area contributed by atoms with Gasteiger partial charge in [-0.3, -0.25) is 9.59 Å². The van der Waals surface area contributed by atoms with Crippen LogP contribution in [0.5, 0.6) is 0 Å². The number of fused-ring (bicyclic) bond motifs is 3. The van der Waals surface area contributed by atoms with E-state index in [-0.39, 0.29) is 23.9 Å². The molecule has 0 radical (unpaired) electrons. The lowest BCUT2D eigenvalue weighted by molar-refractivity contribution is 0.0927. The number of anilines is 1. The third-order valence-electron chi connectivity index (χ3n) is 4.75. The number of benzene rings is 1. The van der Waals surface area contributed by atoms with Crippen LogP contribution in [0.2, 0.25) is 0 Å². The van der Waals surface area contributed by atoms with E-state index in [2.05, 4.69) is 21.3 Å². The number of nitrogens with one attached hydrogen (secondary N) is 4. The Hall–Kier alpha value is -2.12. The molecule has 3 heterocycles. The zero-order valence-corrected chi connectivity index (χ0v) is 15.0. The Morgan fingerprint density at radius 1 is 1.32 bits per heavy atom. The van der Waals surface area contributed by atoms with Gasteiger partial charge in [0.25, 0.3) is 11.8 Å². The molecule has 0 bridgehead atoms. The molecular weight excluding hydrogens is 336 g/mol. The van der Waals surface area contributed by atoms with E-state index < -0.39 is 0 Å². The van der Waals surface area contributed by atoms with Crippen molar-refractivity contribution in [3.8, 4) is 0 Å². The summed E-state index contributed by atoms with van der Waals surface area (Å²) in [6, 6.07) is 5.92. The van der Waals surface area contributed by atoms with Gasteiger partial charge in [-0.05, 0) is 44.5 Å². The Labute approximate surface area is 150 Å². The lowest BCUT2D eigenvalue weighted by atomic mass is 10.1. The van der Waals surface area contributed by atoms with Crippen molar-refractivity contribution in [1.82, 2.24) is 16.0 Å². The van der Waals surface area contributed by atoms with Crippen molar-refractivity contribution in [2.24, 2.45) is 0 Å². The van der Waals surface area contributed by atoms with Gasteiger partial charge in [0, 0.05) is 40.8 Å². The predicted molar refractivity (Wildman–Crippen MR) is 101 cm³/mol. The van der Waals surface area contributed by atoms with Crippen LogP contribution in [-0.4, -0.2) is 43.5 Å². The van der Waals surface area contributed by atoms with Crippen LogP contribution in [0.1, 0.15) is 39.8 Å². The van der Waals surface area contributed by atoms with Crippen LogP contribution in [0, 0.1) is 0 Å². The topological polar surface area (TPSA) is 82.3 Å². The summed E-state index contributed by atoms with van der Waals surface area (Å²) in [4.78, 5) is 25.6. The monoisotopic (exact) mass is 358 g/mol. The summed E-state index contributed by atoms with van der Waals surface area (Å²) in [5, 5.41) is 13.7. The minimum Gasteiger partial charge on any atom is -0.381 e. The van der Waals surface area contributed by atoms with E-state index in [4.69, 9.17) is 0 Å². The second-order valence-electron chi connectivity index (χ2n) is 6.79. The average molecular weight is 358 g/mol. The standard InChI is InChI=1S/C18H22N4O2S/c1-10-8-20-15-13-7-11(17(23)22-12-3-2-6-19-9-12)4-5-14(13)25-16(15)18(24)21-10/h4-5,7,10,12,19-20H,2-3,6,8-9H2,1H3,(H,21,24)(H,22,23). The number of hydrogen-bond acceptors (Lipinski definition) is 5. The Bertz CT molecular complexity index is 826. The molecule has 0 saturated carbocycles. The summed E-state index contributed by atoms with van der Waals surface area (Å²) >= 11 is 1.46. The smallest absolute Gasteiger partial charge is 0.263 e. The highest BCUT2D eigenvalue weighted by atomic mass is 32.1. The molecule has 2 unspecified atom stereocenters. The third-order valence-corrected chi connectivity index (χ3v) is 5.92. The number of hydrogen-bond donors (Lipinski definition) is 4. The second-order valence-corrected chi connectivity index (χ2v) is 7.84. The summed E-state index contributed by atoms with van der Waals surface area (Å²) in [6.07, 6.45) is 2.09. The van der Waals surface area contributed by atoms with E-state index in [0.717, 1.165) is 41.7 Å². The van der Waals surface area contributed by atoms with Gasteiger partial charge in [-0.15, -0.1) is 11.3 Å². The second kappa shape index (κ2) is 6.65. The summed E-state index contributed by atoms with van der Waals surface area (Å²) in [6.45, 7) is 4.49. The SMILES string of the molecule is CC1CNc2c(sc3ccc(C(=O)NC4CCCNC4)cc23)C(=O)N1. The molecular formula is C18H22N4O2S. The van der Waals surface area contributed by atoms with Crippen LogP contribution in [0.15, 0.2) is 18.2 Å². The van der Waals surface area contributed by atoms with E-state index in [9.17, 15) is 9.59 Å². The molecule has 25 heavy (non-hydrogen) atoms. The van der Waals surface area contributed by atoms with Crippen LogP contribution >= 0.6 is 11.3 Å². The minimum absolute atomic E-state index is 0.0482. The zero-order chi connectivity index (χ0) is 17.4. The predicted octanol–water partition coefficient (Wildman–Crippen LogP) is 1.93. The number of carbonyl (C=O) groups excluding carboxylic acids is 2. The van der Waals surface area contributed by atoms with Crippen LogP contribution in [0.3, 0.4) is 0 Å². The van der Waals surface area contributed by atoms with Crippen molar-refractivity contribution in [2.75, 3.05) is 25.0 Å². The van der Waals surface area contributed by atoms with Gasteiger partial charge < -0.3 is 21.3 Å². The van der Waals surface area contributed by atoms with Crippen LogP contribution < -0.4 is 21.3 Å². The number of rotatable bonds is 2. The fourth-order valence-electron chi connectivity index (χ4n) is 3.41. The molecule has 2 atom stereocenters. The first-order chi connectivity index (χ1) is 12.1. The van der Waals surface area contributed by atoms with E-state index in [0.29, 0.717) is 17.0 Å². The quantitative estimate of drug-likeness (QED) is 0.661. The molecule has 0 spiro atoms. The van der Waals surface area contributed by atoms with Gasteiger partial charge in [-0.25, -0.2) is 0 Å². The lowest BCUT2D eigenvalue weighted by Gasteiger charge is -2.23. The first-order valence-corrected chi connectivity index (χ1v) is 9.56. The highest BCUT2D eigenvalue weighted by molar-refractivity contribution is 7.21. The van der Waals surface area contributed by atoms with Gasteiger partial charge in [-0.2, -0.15) is 0 Å². The number of carbonyl (C=O) groups is 2. The first-order valence-electron chi connectivity index (χ1n) is 8.74. The molecule has 2 amide bonds. The van der Waals surface area contributed by atoms with Crippen molar-refractivity contribution in [1.29, 1.82) is 0 Å². The van der Waals surface area contributed by atoms with Crippen molar-refractivity contribution < 1.29 is 9.59 Å². The largest absolute Gasteiger partial charge is 0.381 e. The van der Waals surface area contributed by atoms with Gasteiger partial charge in [0.05, 0.1) is 5.69 Å². The number of piperidine rings is 1. The highest BCUT2D eigenvalue weighted by Gasteiger charge is 2.24. The Balaban J connectivity index is 1.63. The van der Waals surface area contributed by atoms with Gasteiger partial charge in [0.15, 0.2) is 0 Å². The molecule has 1 fully saturated rings. The molecule has 2 aliphatic heterocycles. The van der Waals surface area contributed by atoms with Crippen molar-refractivity contribution >= 4 is 38.9 Å². The Morgan fingerprint density at radius 3 is 3.00 bits per heavy atom. The maximum absolute atomic E-state index is 12.6. The average Bonchev–Trinajstić information content (AvgIpc) is 2.92. The zero-order valence-electron chi connectivity index (χ0n) is 14.1. The van der Waals surface area contributed by atoms with E-state index in [1.54, 1.807) is 0 Å². The molecule has 6 nitrogen and oxygen atoms in total. The molecule has 1 aromatic heterocycles. The fraction of sp³-hybridized carbons (Fsp3) is 0.444. The molecule has 2 aliphatic rings. The Kier molecular flexibility index (Phi) is 4.35. The summed E-state index contributed by atoms with van der Waals surface area (Å²) in [7, 11) is 0. The number of thiophene rings is 1. The molecule has 4 N–H and O–H groups in total. The third kappa shape index (κ3) is 3.21. The Morgan fingerprint density at radius 2 is 2.20 bits per heavy atom. The van der Waals surface area contributed by atoms with Crippen LogP contribution in [-0.2, 0) is 0 Å². The van der Waals surface area contributed by atoms with Gasteiger partial charge >= 0.3 is 0 Å². The summed E-state index contributed by atoms with van der Waals surface area (Å²) in [5.74, 6) is -0.102. The summed E-state index contributed by atoms with van der Waals surface area (Å²) < 4.78 is 1.01. The highest BCUT2D eigenvalue weighted by Crippen LogP contribution is 2.37. The fourth-order valence-corrected chi connectivity index (χ4v) is 4.48. The molecule has 7 heteroatoms. The van der Waals surface area contributed by atoms with E-state index in [1.807, 2.05) is 25.1 Å². The molecule has 1 saturated heterocycles. The van der Waals surface area contributed by atoms with Gasteiger partial charge in [0.1, 0.15) is 4.88 Å². The van der Waals surface area contributed by atoms with E-state index >= 15 is 0 Å². The van der Waals surface area contributed by atoms with E-state index in [1.165, 1.54) is 11.3 Å². The van der Waals surface area contributed by atoms with Crippen LogP contribution in [0.4, 0.5) is 5.69 Å². The van der Waals surface area contributed by atoms with Crippen molar-refractivity contribution in [2.45, 2.75) is 31.8 Å². The minimum atomic E-state index is -0.0537. The van der Waals surface area contributed by atoms with Crippen molar-refractivity contribution in [3.05, 3.63) is 28.6 Å². The number of amides is 2. The molecule has 2 aromatic rings. The lowest BCUT2D eigenvalue weighted by Crippen LogP contribution is -2.45. The maximum atomic E-state index is 12.6. The normalized spacial score (nSPS) is 23.3. The van der Waals surface area contributed by atoms with Gasteiger partial charge in [-0.1, -0.05) is 0 Å². The maximum Gasteiger partial charge on any atom is 0.263 e.